The molecule has 0 saturated carbocycles. The van der Waals surface area contributed by atoms with Crippen LogP contribution in [0, 0.1) is 0 Å². The maximum absolute atomic E-state index is 4.27. The van der Waals surface area contributed by atoms with Crippen molar-refractivity contribution >= 4 is 23.2 Å². The van der Waals surface area contributed by atoms with Crippen molar-refractivity contribution in [3.63, 3.8) is 0 Å². The quantitative estimate of drug-likeness (QED) is 0.575. The maximum atomic E-state index is 4.27. The molecule has 0 atom stereocenters. The van der Waals surface area contributed by atoms with Crippen LogP contribution in [0.1, 0.15) is 5.56 Å². The maximum Gasteiger partial charge on any atom is 0.0790 e. The van der Waals surface area contributed by atoms with Gasteiger partial charge in [-0.05, 0) is 12.1 Å². The Morgan fingerprint density at radius 2 is 2.15 bits per heavy atom. The first-order valence-corrected chi connectivity index (χ1v) is 4.26. The summed E-state index contributed by atoms with van der Waals surface area (Å²) in [6, 6.07) is 8.35. The Labute approximate surface area is 75.8 Å². The highest BCUT2D eigenvalue weighted by Gasteiger charge is 2.04. The van der Waals surface area contributed by atoms with Gasteiger partial charge in [0.15, 0.2) is 0 Å². The monoisotopic (exact) mass is 168 g/mol. The van der Waals surface area contributed by atoms with Crippen LogP contribution in [0.2, 0.25) is 0 Å². The average molecular weight is 168 g/mol. The standard InChI is InChI=1S/C11H8N2/c1-3-9-5-2-7-12-13-8-6-10(4-1)11(9)13/h1-8H. The van der Waals surface area contributed by atoms with Crippen molar-refractivity contribution in [2.75, 3.05) is 0 Å². The van der Waals surface area contributed by atoms with Gasteiger partial charge in [-0.1, -0.05) is 24.3 Å². The van der Waals surface area contributed by atoms with E-state index in [4.69, 9.17) is 0 Å². The highest BCUT2D eigenvalue weighted by Crippen LogP contribution is 2.22. The zero-order chi connectivity index (χ0) is 8.67. The van der Waals surface area contributed by atoms with Crippen molar-refractivity contribution in [3.05, 3.63) is 42.1 Å². The van der Waals surface area contributed by atoms with Crippen molar-refractivity contribution in [2.45, 2.75) is 0 Å². The summed E-state index contributed by atoms with van der Waals surface area (Å²) in [6.07, 6.45) is 7.83. The molecule has 0 N–H and O–H groups in total. The number of hydrogen-bond donors (Lipinski definition) is 0. The zero-order valence-corrected chi connectivity index (χ0v) is 7.01. The minimum absolute atomic E-state index is 1.19. The molecule has 1 aromatic carbocycles. The molecular weight excluding hydrogens is 160 g/mol. The first kappa shape index (κ1) is 6.66. The second-order valence-corrected chi connectivity index (χ2v) is 3.07. The van der Waals surface area contributed by atoms with E-state index in [1.54, 1.807) is 6.21 Å². The summed E-state index contributed by atoms with van der Waals surface area (Å²) in [7, 11) is 0. The Morgan fingerprint density at radius 3 is 3.15 bits per heavy atom. The first-order chi connectivity index (χ1) is 6.45. The van der Waals surface area contributed by atoms with Crippen LogP contribution >= 0.6 is 0 Å². The lowest BCUT2D eigenvalue weighted by Gasteiger charge is -1.98. The van der Waals surface area contributed by atoms with Gasteiger partial charge in [0.2, 0.25) is 0 Å². The van der Waals surface area contributed by atoms with Crippen molar-refractivity contribution in [2.24, 2.45) is 5.10 Å². The molecule has 0 spiro atoms. The molecule has 0 unspecified atom stereocenters. The van der Waals surface area contributed by atoms with Gasteiger partial charge in [-0.3, -0.25) is 0 Å². The highest BCUT2D eigenvalue weighted by atomic mass is 15.3. The van der Waals surface area contributed by atoms with Gasteiger partial charge in [-0.2, -0.15) is 5.10 Å². The summed E-state index contributed by atoms with van der Waals surface area (Å²) in [5, 5.41) is 5.51. The van der Waals surface area contributed by atoms with Gasteiger partial charge < -0.3 is 0 Å². The lowest BCUT2D eigenvalue weighted by molar-refractivity contribution is 0.935. The molecule has 13 heavy (non-hydrogen) atoms. The van der Waals surface area contributed by atoms with Crippen LogP contribution in [0.3, 0.4) is 0 Å². The van der Waals surface area contributed by atoms with E-state index in [1.165, 1.54) is 16.5 Å². The zero-order valence-electron chi connectivity index (χ0n) is 7.01. The molecule has 0 bridgehead atoms. The molecule has 2 aromatic rings. The van der Waals surface area contributed by atoms with Crippen molar-refractivity contribution < 1.29 is 0 Å². The summed E-state index contributed by atoms with van der Waals surface area (Å²) in [5.74, 6) is 0. The van der Waals surface area contributed by atoms with Gasteiger partial charge in [0, 0.05) is 23.4 Å². The van der Waals surface area contributed by atoms with E-state index in [0.29, 0.717) is 0 Å². The molecule has 2 heterocycles. The molecule has 0 radical (unpaired) electrons. The summed E-state index contributed by atoms with van der Waals surface area (Å²) in [4.78, 5) is 0. The normalized spacial score (nSPS) is 13.5. The molecule has 2 nitrogen and oxygen atoms in total. The fourth-order valence-corrected chi connectivity index (χ4v) is 1.69. The van der Waals surface area contributed by atoms with E-state index in [1.807, 2.05) is 16.9 Å². The lowest BCUT2D eigenvalue weighted by atomic mass is 10.1. The number of rotatable bonds is 0. The molecule has 1 aliphatic heterocycles. The van der Waals surface area contributed by atoms with Gasteiger partial charge in [0.05, 0.1) is 5.52 Å². The predicted octanol–water partition coefficient (Wildman–Crippen LogP) is 2.50. The van der Waals surface area contributed by atoms with Crippen LogP contribution in [0.4, 0.5) is 0 Å². The predicted molar refractivity (Wildman–Crippen MR) is 54.9 cm³/mol. The van der Waals surface area contributed by atoms with Crippen LogP contribution in [0.25, 0.3) is 17.0 Å². The molecule has 0 aliphatic carbocycles. The Morgan fingerprint density at radius 1 is 1.15 bits per heavy atom. The number of benzene rings is 1. The minimum Gasteiger partial charge on any atom is -0.240 e. The van der Waals surface area contributed by atoms with Gasteiger partial charge in [-0.15, -0.1) is 0 Å². The van der Waals surface area contributed by atoms with Crippen LogP contribution < -0.4 is 0 Å². The van der Waals surface area contributed by atoms with E-state index in [0.717, 1.165) is 0 Å². The Kier molecular flexibility index (Phi) is 1.19. The van der Waals surface area contributed by atoms with Gasteiger partial charge >= 0.3 is 0 Å². The van der Waals surface area contributed by atoms with Crippen molar-refractivity contribution in [1.29, 1.82) is 0 Å². The van der Waals surface area contributed by atoms with Crippen LogP contribution in [0.15, 0.2) is 41.6 Å². The number of nitrogens with zero attached hydrogens (tertiary/aromatic N) is 2. The summed E-state index contributed by atoms with van der Waals surface area (Å²) in [5.41, 5.74) is 2.41. The molecule has 0 amide bonds. The smallest absolute Gasteiger partial charge is 0.0790 e. The van der Waals surface area contributed by atoms with E-state index in [9.17, 15) is 0 Å². The second-order valence-electron chi connectivity index (χ2n) is 3.07. The molecule has 62 valence electrons. The second kappa shape index (κ2) is 2.33. The van der Waals surface area contributed by atoms with Gasteiger partial charge in [0.25, 0.3) is 0 Å². The summed E-state index contributed by atoms with van der Waals surface area (Å²) in [6.45, 7) is 0. The van der Waals surface area contributed by atoms with Crippen molar-refractivity contribution in [3.8, 4) is 0 Å². The SMILES string of the molecule is C1=Cc2cccc3ccn(c23)N=C1. The number of para-hydroxylation sites is 1. The number of allylic oxidation sites excluding steroid dienone is 1. The molecule has 1 aromatic heterocycles. The van der Waals surface area contributed by atoms with E-state index >= 15 is 0 Å². The average Bonchev–Trinajstić information content (AvgIpc) is 2.44. The molecule has 0 saturated heterocycles. The van der Waals surface area contributed by atoms with Gasteiger partial charge in [0.1, 0.15) is 0 Å². The third kappa shape index (κ3) is 0.855. The van der Waals surface area contributed by atoms with Crippen molar-refractivity contribution in [1.82, 2.24) is 4.68 Å². The van der Waals surface area contributed by atoms with Crippen LogP contribution in [-0.2, 0) is 0 Å². The molecule has 3 rings (SSSR count). The lowest BCUT2D eigenvalue weighted by Crippen LogP contribution is -1.85. The Bertz CT molecular complexity index is 518. The highest BCUT2D eigenvalue weighted by molar-refractivity contribution is 5.93. The van der Waals surface area contributed by atoms with E-state index < -0.39 is 0 Å². The fourth-order valence-electron chi connectivity index (χ4n) is 1.69. The fraction of sp³-hybridized carbons (Fsp3) is 0. The minimum atomic E-state index is 1.19. The van der Waals surface area contributed by atoms with Gasteiger partial charge in [-0.25, -0.2) is 4.68 Å². The topological polar surface area (TPSA) is 17.3 Å². The molecule has 0 fully saturated rings. The first-order valence-electron chi connectivity index (χ1n) is 4.26. The summed E-state index contributed by atoms with van der Waals surface area (Å²) < 4.78 is 1.91. The molecule has 1 aliphatic rings. The third-order valence-electron chi connectivity index (χ3n) is 2.28. The number of hydrogen-bond acceptors (Lipinski definition) is 1. The molecular formula is C11H8N2. The summed E-state index contributed by atoms with van der Waals surface area (Å²) >= 11 is 0. The van der Waals surface area contributed by atoms with Crippen LogP contribution in [0.5, 0.6) is 0 Å². The van der Waals surface area contributed by atoms with E-state index in [2.05, 4.69) is 35.4 Å². The third-order valence-corrected chi connectivity index (χ3v) is 2.28. The largest absolute Gasteiger partial charge is 0.240 e. The molecule has 2 heteroatoms. The number of aromatic nitrogens is 1. The van der Waals surface area contributed by atoms with E-state index in [-0.39, 0.29) is 0 Å². The van der Waals surface area contributed by atoms with Crippen LogP contribution in [-0.4, -0.2) is 10.9 Å². The Hall–Kier alpha value is -1.83. The Balaban J connectivity index is 2.56.